The van der Waals surface area contributed by atoms with Gasteiger partial charge in [0.2, 0.25) is 0 Å². The van der Waals surface area contributed by atoms with Crippen LogP contribution >= 0.6 is 0 Å². The highest BCUT2D eigenvalue weighted by Crippen LogP contribution is 2.42. The smallest absolute Gasteiger partial charge is 0.146 e. The molecule has 0 radical (unpaired) electrons. The SMILES string of the molecule is CC=C1CC(CC)(ON=NN=NN=NN=N)C1. The van der Waals surface area contributed by atoms with Gasteiger partial charge in [0.1, 0.15) is 5.60 Å². The molecule has 17 heavy (non-hydrogen) atoms. The topological polar surface area (TPSA) is 120 Å². The second-order valence-corrected chi connectivity index (χ2v) is 3.56. The first-order chi connectivity index (χ1) is 8.26. The van der Waals surface area contributed by atoms with E-state index in [0.29, 0.717) is 0 Å². The summed E-state index contributed by atoms with van der Waals surface area (Å²) in [6, 6.07) is 0. The zero-order valence-electron chi connectivity index (χ0n) is 9.74. The molecule has 0 unspecified atom stereocenters. The summed E-state index contributed by atoms with van der Waals surface area (Å²) in [6.07, 6.45) is 4.68. The van der Waals surface area contributed by atoms with Crippen molar-refractivity contribution < 1.29 is 4.84 Å². The Morgan fingerprint density at radius 3 is 2.47 bits per heavy atom. The van der Waals surface area contributed by atoms with E-state index in [0.717, 1.165) is 19.3 Å². The summed E-state index contributed by atoms with van der Waals surface area (Å²) in [6.45, 7) is 4.04. The molecule has 0 aromatic carbocycles. The molecule has 1 saturated carbocycles. The normalized spacial score (nSPS) is 24.5. The fraction of sp³-hybridized carbons (Fsp3) is 0.750. The molecule has 0 atom stereocenters. The predicted molar refractivity (Wildman–Crippen MR) is 56.8 cm³/mol. The van der Waals surface area contributed by atoms with Crippen molar-refractivity contribution in [2.45, 2.75) is 38.7 Å². The van der Waals surface area contributed by atoms with Gasteiger partial charge in [-0.3, -0.25) is 0 Å². The van der Waals surface area contributed by atoms with Crippen molar-refractivity contribution in [1.29, 1.82) is 5.53 Å². The van der Waals surface area contributed by atoms with E-state index >= 15 is 0 Å². The molecule has 0 spiro atoms. The molecular weight excluding hydrogens is 224 g/mol. The minimum absolute atomic E-state index is 0.251. The molecule has 1 aliphatic rings. The first-order valence-corrected chi connectivity index (χ1v) is 5.15. The van der Waals surface area contributed by atoms with Crippen LogP contribution in [0.3, 0.4) is 0 Å². The van der Waals surface area contributed by atoms with Crippen molar-refractivity contribution >= 4 is 0 Å². The van der Waals surface area contributed by atoms with Gasteiger partial charge in [-0.05, 0) is 29.0 Å². The Balaban J connectivity index is 2.34. The number of nitrogens with zero attached hydrogens (tertiary/aromatic N) is 7. The number of rotatable bonds is 6. The number of nitrogens with one attached hydrogen (secondary N) is 1. The summed E-state index contributed by atoms with van der Waals surface area (Å²) in [4.78, 5) is 5.28. The van der Waals surface area contributed by atoms with Gasteiger partial charge in [0.05, 0.1) is 0 Å². The van der Waals surface area contributed by atoms with Crippen molar-refractivity contribution in [1.82, 2.24) is 0 Å². The Morgan fingerprint density at radius 1 is 1.24 bits per heavy atom. The van der Waals surface area contributed by atoms with Gasteiger partial charge >= 0.3 is 0 Å². The molecule has 92 valence electrons. The molecule has 0 saturated heterocycles. The van der Waals surface area contributed by atoms with Gasteiger partial charge in [-0.15, -0.1) is 0 Å². The third kappa shape index (κ3) is 3.78. The lowest BCUT2D eigenvalue weighted by Crippen LogP contribution is -2.39. The molecule has 9 heteroatoms. The molecule has 1 N–H and O–H groups in total. The van der Waals surface area contributed by atoms with E-state index in [9.17, 15) is 0 Å². The molecule has 9 nitrogen and oxygen atoms in total. The van der Waals surface area contributed by atoms with Crippen LogP contribution in [0.1, 0.15) is 33.1 Å². The standard InChI is InChI=1S/C8H14N8O/c1-3-7-5-8(4-2,6-7)17-16-15-14-13-12-11-10-9/h3,9H,4-6H2,1-2H3. The lowest BCUT2D eigenvalue weighted by atomic mass is 9.74. The third-order valence-corrected chi connectivity index (χ3v) is 2.63. The highest BCUT2D eigenvalue weighted by molar-refractivity contribution is 5.19. The molecule has 1 rings (SSSR count). The van der Waals surface area contributed by atoms with E-state index < -0.39 is 0 Å². The van der Waals surface area contributed by atoms with Crippen LogP contribution in [-0.4, -0.2) is 5.60 Å². The molecule has 0 amide bonds. The van der Waals surface area contributed by atoms with Crippen molar-refractivity contribution in [3.05, 3.63) is 11.6 Å². The Morgan fingerprint density at radius 2 is 1.88 bits per heavy atom. The Bertz CT molecular complexity index is 364. The minimum atomic E-state index is -0.251. The molecular formula is C8H14N8O. The van der Waals surface area contributed by atoms with Gasteiger partial charge in [-0.1, -0.05) is 18.6 Å². The van der Waals surface area contributed by atoms with Crippen molar-refractivity contribution in [3.63, 3.8) is 0 Å². The number of hydrogen-bond donors (Lipinski definition) is 1. The van der Waals surface area contributed by atoms with E-state index in [1.54, 1.807) is 0 Å². The maximum atomic E-state index is 6.27. The lowest BCUT2D eigenvalue weighted by Gasteiger charge is -2.39. The largest absolute Gasteiger partial charge is 0.371 e. The Kier molecular flexibility index (Phi) is 4.98. The average Bonchev–Trinajstić information content (AvgIpc) is 2.31. The highest BCUT2D eigenvalue weighted by Gasteiger charge is 2.41. The fourth-order valence-corrected chi connectivity index (χ4v) is 1.55. The molecule has 1 aliphatic carbocycles. The number of hydrogen-bond acceptors (Lipinski definition) is 3. The van der Waals surface area contributed by atoms with E-state index in [4.69, 9.17) is 10.4 Å². The zero-order chi connectivity index (χ0) is 12.6. The van der Waals surface area contributed by atoms with Gasteiger partial charge in [0.25, 0.3) is 0 Å². The van der Waals surface area contributed by atoms with Crippen LogP contribution in [0.5, 0.6) is 0 Å². The molecule has 0 aromatic rings. The maximum Gasteiger partial charge on any atom is 0.146 e. The zero-order valence-corrected chi connectivity index (χ0v) is 9.74. The maximum absolute atomic E-state index is 6.27. The second-order valence-electron chi connectivity index (χ2n) is 3.56. The van der Waals surface area contributed by atoms with Gasteiger partial charge in [0, 0.05) is 33.8 Å². The van der Waals surface area contributed by atoms with Gasteiger partial charge in [-0.25, -0.2) is 0 Å². The van der Waals surface area contributed by atoms with Gasteiger partial charge < -0.3 is 4.84 Å². The summed E-state index contributed by atoms with van der Waals surface area (Å²) in [5.74, 6) is 0. The average molecular weight is 238 g/mol. The monoisotopic (exact) mass is 238 g/mol. The molecule has 0 aliphatic heterocycles. The van der Waals surface area contributed by atoms with Crippen molar-refractivity contribution in [2.24, 2.45) is 36.6 Å². The first-order valence-electron chi connectivity index (χ1n) is 5.15. The van der Waals surface area contributed by atoms with Crippen LogP contribution < -0.4 is 0 Å². The van der Waals surface area contributed by atoms with Gasteiger partial charge in [-0.2, -0.15) is 5.53 Å². The Hall–Kier alpha value is -2.06. The van der Waals surface area contributed by atoms with Crippen LogP contribution in [0.25, 0.3) is 0 Å². The fourth-order valence-electron chi connectivity index (χ4n) is 1.55. The van der Waals surface area contributed by atoms with E-state index in [1.807, 2.05) is 13.8 Å². The van der Waals surface area contributed by atoms with Crippen LogP contribution in [0.15, 0.2) is 48.3 Å². The third-order valence-electron chi connectivity index (χ3n) is 2.63. The highest BCUT2D eigenvalue weighted by atomic mass is 16.7. The molecule has 0 bridgehead atoms. The molecule has 0 heterocycles. The lowest BCUT2D eigenvalue weighted by molar-refractivity contribution is -0.0850. The number of allylic oxidation sites excluding steroid dienone is 1. The summed E-state index contributed by atoms with van der Waals surface area (Å²) in [5, 5.41) is 21.5. The summed E-state index contributed by atoms with van der Waals surface area (Å²) in [7, 11) is 0. The predicted octanol–water partition coefficient (Wildman–Crippen LogP) is 3.94. The van der Waals surface area contributed by atoms with Crippen LogP contribution in [-0.2, 0) is 4.84 Å². The van der Waals surface area contributed by atoms with E-state index in [-0.39, 0.29) is 5.60 Å². The van der Waals surface area contributed by atoms with Crippen molar-refractivity contribution in [3.8, 4) is 0 Å². The first kappa shape index (κ1) is 13.0. The summed E-state index contributed by atoms with van der Waals surface area (Å²) >= 11 is 0. The van der Waals surface area contributed by atoms with Crippen LogP contribution in [0.2, 0.25) is 0 Å². The Labute approximate surface area is 98.2 Å². The van der Waals surface area contributed by atoms with Crippen LogP contribution in [0.4, 0.5) is 0 Å². The van der Waals surface area contributed by atoms with Crippen molar-refractivity contribution in [2.75, 3.05) is 0 Å². The quantitative estimate of drug-likeness (QED) is 0.420. The van der Waals surface area contributed by atoms with E-state index in [2.05, 4.69) is 42.7 Å². The minimum Gasteiger partial charge on any atom is -0.371 e. The summed E-state index contributed by atoms with van der Waals surface area (Å²) in [5.41, 5.74) is 7.38. The van der Waals surface area contributed by atoms with E-state index in [1.165, 1.54) is 5.57 Å². The second kappa shape index (κ2) is 6.51. The molecule has 0 aromatic heterocycles. The van der Waals surface area contributed by atoms with Crippen LogP contribution in [0, 0.1) is 5.53 Å². The summed E-state index contributed by atoms with van der Waals surface area (Å²) < 4.78 is 0. The molecule has 1 fully saturated rings. The van der Waals surface area contributed by atoms with Gasteiger partial charge in [0.15, 0.2) is 0 Å².